The van der Waals surface area contributed by atoms with Gasteiger partial charge in [-0.2, -0.15) is 9.97 Å². The van der Waals surface area contributed by atoms with Gasteiger partial charge in [-0.3, -0.25) is 46.8 Å². The monoisotopic (exact) mass is 692 g/mol. The molecule has 0 radical (unpaired) electrons. The SMILES string of the molecule is Nc1nc2c(ncn2[C@@H]2O[C@@H]3COP(=O)(O)OC4C(F)[C@H](n5cnc6c(=O)[nH]c(N)nc65)O[C@@H]4CCP(=O)(O)OC3C2F)c(=O)[nH]1. The van der Waals surface area contributed by atoms with Gasteiger partial charge in [0.05, 0.1) is 31.5 Å². The molecule has 3 fully saturated rings. The number of nitrogens with zero attached hydrogens (tertiary/aromatic N) is 6. The summed E-state index contributed by atoms with van der Waals surface area (Å²) in [7, 11) is -9.88. The van der Waals surface area contributed by atoms with Crippen molar-refractivity contribution in [2.45, 2.75) is 55.6 Å². The summed E-state index contributed by atoms with van der Waals surface area (Å²) in [5, 5.41) is 0. The number of phosphoric acid groups is 1. The van der Waals surface area contributed by atoms with Crippen molar-refractivity contribution in [2.24, 2.45) is 0 Å². The minimum Gasteiger partial charge on any atom is -0.369 e. The maximum Gasteiger partial charge on any atom is 0.472 e. The zero-order valence-electron chi connectivity index (χ0n) is 23.0. The predicted molar refractivity (Wildman–Crippen MR) is 148 cm³/mol. The van der Waals surface area contributed by atoms with Crippen LogP contribution in [0.4, 0.5) is 20.7 Å². The van der Waals surface area contributed by atoms with E-state index in [4.69, 9.17) is 34.5 Å². The van der Waals surface area contributed by atoms with Gasteiger partial charge in [-0.05, 0) is 6.42 Å². The number of anilines is 2. The topological polar surface area (TPSA) is 300 Å². The third kappa shape index (κ3) is 5.32. The Hall–Kier alpha value is -3.66. The van der Waals surface area contributed by atoms with Gasteiger partial charge in [0, 0.05) is 0 Å². The Morgan fingerprint density at radius 1 is 0.848 bits per heavy atom. The molecular weight excluding hydrogens is 668 g/mol. The standard InChI is InChI=1S/C21H24F2N10O11P2/c22-8-12-6(41-18(8)32-4-26-10-14(32)28-20(24)30-16(10)34)1-2-45(36,37)43-13-7(3-40-46(38,39)44-12)42-19(9(13)23)33-5-27-11-15(33)29-21(25)31-17(11)35/h4-9,12-13,18-19H,1-3H2,(H,36,37)(H,38,39)(H3,24,28,30,34)(H3,25,29,31,35)/t6-,7-,8?,9?,12?,13?,18-,19-/m1/s1. The zero-order chi connectivity index (χ0) is 32.7. The molecule has 25 heteroatoms. The van der Waals surface area contributed by atoms with Gasteiger partial charge in [0.25, 0.3) is 11.1 Å². The number of phosphoric ester groups is 1. The fraction of sp³-hybridized carbons (Fsp3) is 0.524. The minimum atomic E-state index is -5.16. The number of alkyl halides is 2. The van der Waals surface area contributed by atoms with Gasteiger partial charge in [0.2, 0.25) is 11.9 Å². The molecule has 0 bridgehead atoms. The molecule has 6 unspecified atom stereocenters. The first-order valence-corrected chi connectivity index (χ1v) is 16.7. The van der Waals surface area contributed by atoms with Crippen molar-refractivity contribution >= 4 is 49.6 Å². The number of hydrogen-bond acceptors (Lipinski definition) is 15. The van der Waals surface area contributed by atoms with Crippen LogP contribution in [0.5, 0.6) is 0 Å². The maximum atomic E-state index is 15.9. The number of hydrogen-bond donors (Lipinski definition) is 6. The molecule has 0 amide bonds. The van der Waals surface area contributed by atoms with Crippen LogP contribution in [0.25, 0.3) is 22.3 Å². The minimum absolute atomic E-state index is 0.174. The van der Waals surface area contributed by atoms with Crippen LogP contribution in [0.2, 0.25) is 0 Å². The number of ether oxygens (including phenoxy) is 2. The number of rotatable bonds is 2. The molecule has 7 rings (SSSR count). The molecule has 3 saturated heterocycles. The molecule has 8 N–H and O–H groups in total. The molecule has 248 valence electrons. The van der Waals surface area contributed by atoms with E-state index in [1.165, 1.54) is 0 Å². The first-order chi connectivity index (χ1) is 21.7. The molecule has 10 atom stereocenters. The van der Waals surface area contributed by atoms with Gasteiger partial charge < -0.3 is 30.7 Å². The summed E-state index contributed by atoms with van der Waals surface area (Å²) >= 11 is 0. The highest BCUT2D eigenvalue weighted by atomic mass is 31.2. The average molecular weight is 692 g/mol. The lowest BCUT2D eigenvalue weighted by atomic mass is 10.1. The van der Waals surface area contributed by atoms with Crippen LogP contribution in [0, 0.1) is 0 Å². The fourth-order valence-electron chi connectivity index (χ4n) is 5.60. The van der Waals surface area contributed by atoms with E-state index in [-0.39, 0.29) is 34.2 Å². The van der Waals surface area contributed by atoms with E-state index in [9.17, 15) is 28.5 Å². The summed E-state index contributed by atoms with van der Waals surface area (Å²) in [5.74, 6) is -0.619. The van der Waals surface area contributed by atoms with Gasteiger partial charge in [-0.15, -0.1) is 0 Å². The molecule has 4 aromatic heterocycles. The lowest BCUT2D eigenvalue weighted by Gasteiger charge is -2.27. The second-order valence-corrected chi connectivity index (χ2v) is 14.0. The third-order valence-electron chi connectivity index (χ3n) is 7.62. The summed E-state index contributed by atoms with van der Waals surface area (Å²) in [6.45, 7) is -0.936. The van der Waals surface area contributed by atoms with Crippen molar-refractivity contribution in [2.75, 3.05) is 24.2 Å². The third-order valence-corrected chi connectivity index (χ3v) is 10.0. The van der Waals surface area contributed by atoms with Gasteiger partial charge >= 0.3 is 15.4 Å². The van der Waals surface area contributed by atoms with E-state index in [0.717, 1.165) is 21.8 Å². The summed E-state index contributed by atoms with van der Waals surface area (Å²) in [6.07, 6.45) is -13.7. The van der Waals surface area contributed by atoms with Gasteiger partial charge in [-0.25, -0.2) is 23.3 Å². The molecule has 21 nitrogen and oxygen atoms in total. The molecule has 46 heavy (non-hydrogen) atoms. The van der Waals surface area contributed by atoms with Gasteiger partial charge in [0.1, 0.15) is 18.3 Å². The van der Waals surface area contributed by atoms with Crippen LogP contribution in [-0.4, -0.2) is 98.4 Å². The summed E-state index contributed by atoms with van der Waals surface area (Å²) < 4.78 is 87.0. The highest BCUT2D eigenvalue weighted by Crippen LogP contribution is 2.54. The Labute approximate surface area is 253 Å². The number of halogens is 2. The Balaban J connectivity index is 1.18. The van der Waals surface area contributed by atoms with E-state index >= 15 is 8.78 Å². The van der Waals surface area contributed by atoms with E-state index in [1.807, 2.05) is 0 Å². The highest BCUT2D eigenvalue weighted by Gasteiger charge is 2.54. The molecule has 7 heterocycles. The number of imidazole rings is 2. The smallest absolute Gasteiger partial charge is 0.369 e. The maximum absolute atomic E-state index is 15.9. The average Bonchev–Trinajstić information content (AvgIpc) is 3.72. The molecule has 0 spiro atoms. The molecule has 0 saturated carbocycles. The van der Waals surface area contributed by atoms with Crippen LogP contribution in [0.1, 0.15) is 18.9 Å². The second-order valence-electron chi connectivity index (χ2n) is 10.6. The predicted octanol–water partition coefficient (Wildman–Crippen LogP) is -0.635. The van der Waals surface area contributed by atoms with E-state index < -0.39 is 94.9 Å². The highest BCUT2D eigenvalue weighted by molar-refractivity contribution is 7.52. The number of H-pyrrole nitrogens is 2. The number of fused-ring (bicyclic) bond motifs is 4. The fourth-order valence-corrected chi connectivity index (χ4v) is 7.87. The Kier molecular flexibility index (Phi) is 7.38. The lowest BCUT2D eigenvalue weighted by Crippen LogP contribution is -2.36. The Morgan fingerprint density at radius 3 is 1.89 bits per heavy atom. The number of nitrogen functional groups attached to an aromatic ring is 2. The Morgan fingerprint density at radius 2 is 1.35 bits per heavy atom. The van der Waals surface area contributed by atoms with Crippen molar-refractivity contribution in [3.63, 3.8) is 0 Å². The summed E-state index contributed by atoms with van der Waals surface area (Å²) in [5.41, 5.74) is 8.98. The van der Waals surface area contributed by atoms with Crippen molar-refractivity contribution in [3.05, 3.63) is 33.4 Å². The van der Waals surface area contributed by atoms with Crippen molar-refractivity contribution in [1.82, 2.24) is 39.0 Å². The number of aromatic amines is 2. The first kappa shape index (κ1) is 31.0. The van der Waals surface area contributed by atoms with Crippen LogP contribution in [0.3, 0.4) is 0 Å². The van der Waals surface area contributed by atoms with Crippen molar-refractivity contribution < 1.29 is 50.7 Å². The lowest BCUT2D eigenvalue weighted by molar-refractivity contribution is -0.0513. The van der Waals surface area contributed by atoms with E-state index in [1.54, 1.807) is 0 Å². The van der Waals surface area contributed by atoms with Crippen molar-refractivity contribution in [1.29, 1.82) is 0 Å². The van der Waals surface area contributed by atoms with Gasteiger partial charge in [0.15, 0.2) is 47.1 Å². The normalized spacial score (nSPS) is 37.1. The van der Waals surface area contributed by atoms with Crippen LogP contribution in [0.15, 0.2) is 22.2 Å². The Bertz CT molecular complexity index is 1910. The summed E-state index contributed by atoms with van der Waals surface area (Å²) in [6, 6.07) is 0. The molecular formula is C21H24F2N10O11P2. The summed E-state index contributed by atoms with van der Waals surface area (Å²) in [4.78, 5) is 65.8. The van der Waals surface area contributed by atoms with Crippen LogP contribution in [-0.2, 0) is 32.2 Å². The second kappa shape index (κ2) is 11.0. The number of aromatic nitrogens is 8. The molecule has 4 aromatic rings. The molecule has 3 aliphatic heterocycles. The molecule has 0 aromatic carbocycles. The van der Waals surface area contributed by atoms with Gasteiger partial charge in [-0.1, -0.05) is 0 Å². The zero-order valence-corrected chi connectivity index (χ0v) is 24.7. The molecule has 3 aliphatic rings. The number of nitrogens with one attached hydrogen (secondary N) is 2. The molecule has 0 aliphatic carbocycles. The quantitative estimate of drug-likeness (QED) is 0.142. The largest absolute Gasteiger partial charge is 0.472 e. The number of nitrogens with two attached hydrogens (primary N) is 2. The van der Waals surface area contributed by atoms with Crippen LogP contribution >= 0.6 is 15.4 Å². The van der Waals surface area contributed by atoms with E-state index in [0.29, 0.717) is 0 Å². The van der Waals surface area contributed by atoms with Crippen molar-refractivity contribution in [3.8, 4) is 0 Å². The first-order valence-electron chi connectivity index (χ1n) is 13.4. The van der Waals surface area contributed by atoms with E-state index in [2.05, 4.69) is 29.9 Å². The van der Waals surface area contributed by atoms with Crippen LogP contribution < -0.4 is 22.6 Å².